The van der Waals surface area contributed by atoms with Gasteiger partial charge in [0.25, 0.3) is 0 Å². The van der Waals surface area contributed by atoms with Crippen molar-refractivity contribution in [2.24, 2.45) is 17.8 Å². The van der Waals surface area contributed by atoms with E-state index in [1.54, 1.807) is 0 Å². The predicted molar refractivity (Wildman–Crippen MR) is 65.7 cm³/mol. The number of rotatable bonds is 2. The topological polar surface area (TPSA) is 26.3 Å². The van der Waals surface area contributed by atoms with Gasteiger partial charge in [-0.25, -0.2) is 0 Å². The third kappa shape index (κ3) is 1.38. The highest BCUT2D eigenvalue weighted by molar-refractivity contribution is 8.00. The molecule has 3 heteroatoms. The molecule has 3 aliphatic rings. The summed E-state index contributed by atoms with van der Waals surface area (Å²) in [6, 6.07) is 10.5. The van der Waals surface area contributed by atoms with Crippen molar-refractivity contribution >= 4 is 17.7 Å². The number of thioether (sulfide) groups is 1. The molecule has 88 valence electrons. The Balaban J connectivity index is 1.59. The van der Waals surface area contributed by atoms with Crippen LogP contribution in [0.25, 0.3) is 0 Å². The van der Waals surface area contributed by atoms with Gasteiger partial charge in [-0.15, -0.1) is 11.8 Å². The van der Waals surface area contributed by atoms with E-state index in [0.717, 1.165) is 6.42 Å². The van der Waals surface area contributed by atoms with Crippen molar-refractivity contribution < 1.29 is 9.53 Å². The van der Waals surface area contributed by atoms with Gasteiger partial charge in [0.15, 0.2) is 0 Å². The highest BCUT2D eigenvalue weighted by Crippen LogP contribution is 2.58. The number of hydrogen-bond acceptors (Lipinski definition) is 3. The van der Waals surface area contributed by atoms with Crippen LogP contribution in [0.5, 0.6) is 0 Å². The van der Waals surface area contributed by atoms with Crippen LogP contribution in [0, 0.1) is 17.8 Å². The van der Waals surface area contributed by atoms with Crippen LogP contribution >= 0.6 is 11.8 Å². The third-order valence-corrected chi connectivity index (χ3v) is 5.90. The van der Waals surface area contributed by atoms with Crippen LogP contribution in [0.2, 0.25) is 0 Å². The van der Waals surface area contributed by atoms with E-state index in [9.17, 15) is 4.79 Å². The van der Waals surface area contributed by atoms with E-state index in [1.807, 2.05) is 17.8 Å². The molecule has 0 radical (unpaired) electrons. The lowest BCUT2D eigenvalue weighted by atomic mass is 9.89. The number of fused-ring (bicyclic) bond motifs is 1. The summed E-state index contributed by atoms with van der Waals surface area (Å²) in [5.74, 6) is 1.51. The van der Waals surface area contributed by atoms with E-state index in [1.165, 1.54) is 11.3 Å². The first-order chi connectivity index (χ1) is 8.33. The molecule has 1 aromatic carbocycles. The normalized spacial score (nSPS) is 41.9. The van der Waals surface area contributed by atoms with Gasteiger partial charge in [0.1, 0.15) is 6.10 Å². The zero-order valence-electron chi connectivity index (χ0n) is 9.41. The second kappa shape index (κ2) is 3.52. The van der Waals surface area contributed by atoms with Crippen LogP contribution in [-0.4, -0.2) is 17.3 Å². The van der Waals surface area contributed by atoms with Gasteiger partial charge in [0.05, 0.1) is 5.92 Å². The van der Waals surface area contributed by atoms with Gasteiger partial charge in [-0.2, -0.15) is 0 Å². The van der Waals surface area contributed by atoms with E-state index in [-0.39, 0.29) is 18.0 Å². The Hall–Kier alpha value is -0.960. The van der Waals surface area contributed by atoms with E-state index in [4.69, 9.17) is 4.74 Å². The predicted octanol–water partition coefficient (Wildman–Crippen LogP) is 2.73. The van der Waals surface area contributed by atoms with Crippen LogP contribution in [0.15, 0.2) is 35.2 Å². The van der Waals surface area contributed by atoms with Crippen LogP contribution in [-0.2, 0) is 9.53 Å². The fourth-order valence-corrected chi connectivity index (χ4v) is 5.16. The first-order valence-electron chi connectivity index (χ1n) is 6.25. The van der Waals surface area contributed by atoms with E-state index in [0.29, 0.717) is 17.1 Å². The lowest BCUT2D eigenvalue weighted by molar-refractivity contribution is -0.143. The van der Waals surface area contributed by atoms with Gasteiger partial charge >= 0.3 is 5.97 Å². The van der Waals surface area contributed by atoms with Gasteiger partial charge in [-0.1, -0.05) is 18.2 Å². The standard InChI is InChI=1S/C14H14O2S/c15-14-11-7-8-6-10(11)12(16-14)13(8)17-9-4-2-1-3-5-9/h1-5,8,10-13H,6-7H2. The third-order valence-electron chi connectivity index (χ3n) is 4.43. The minimum absolute atomic E-state index is 0.0682. The minimum Gasteiger partial charge on any atom is -0.461 e. The van der Waals surface area contributed by atoms with Crippen LogP contribution in [0.3, 0.4) is 0 Å². The molecule has 2 bridgehead atoms. The minimum atomic E-state index is 0.0682. The Morgan fingerprint density at radius 1 is 1.18 bits per heavy atom. The van der Waals surface area contributed by atoms with Crippen molar-refractivity contribution in [3.05, 3.63) is 30.3 Å². The molecule has 4 rings (SSSR count). The fourth-order valence-electron chi connectivity index (χ4n) is 3.72. The number of benzene rings is 1. The molecule has 1 aliphatic heterocycles. The molecule has 2 aliphatic carbocycles. The Labute approximate surface area is 105 Å². The van der Waals surface area contributed by atoms with Crippen molar-refractivity contribution in [3.8, 4) is 0 Å². The van der Waals surface area contributed by atoms with Gasteiger partial charge in [-0.05, 0) is 30.9 Å². The van der Waals surface area contributed by atoms with Crippen molar-refractivity contribution in [3.63, 3.8) is 0 Å². The summed E-state index contributed by atoms with van der Waals surface area (Å²) < 4.78 is 5.56. The van der Waals surface area contributed by atoms with Crippen molar-refractivity contribution in [2.75, 3.05) is 0 Å². The Morgan fingerprint density at radius 2 is 2.00 bits per heavy atom. The first-order valence-corrected chi connectivity index (χ1v) is 7.13. The van der Waals surface area contributed by atoms with Crippen molar-refractivity contribution in [1.82, 2.24) is 0 Å². The molecule has 17 heavy (non-hydrogen) atoms. The summed E-state index contributed by atoms with van der Waals surface area (Å²) in [4.78, 5) is 13.0. The maximum Gasteiger partial charge on any atom is 0.309 e. The molecule has 1 heterocycles. The lowest BCUT2D eigenvalue weighted by Gasteiger charge is -2.24. The Kier molecular flexibility index (Phi) is 2.07. The number of ether oxygens (including phenoxy) is 1. The maximum absolute atomic E-state index is 11.7. The molecule has 1 saturated heterocycles. The van der Waals surface area contributed by atoms with Gasteiger partial charge in [0.2, 0.25) is 0 Å². The molecule has 2 saturated carbocycles. The fraction of sp³-hybridized carbons (Fsp3) is 0.500. The molecule has 3 fully saturated rings. The van der Waals surface area contributed by atoms with Gasteiger partial charge in [0, 0.05) is 16.1 Å². The molecular weight excluding hydrogens is 232 g/mol. The van der Waals surface area contributed by atoms with Crippen molar-refractivity contribution in [2.45, 2.75) is 29.1 Å². The zero-order valence-corrected chi connectivity index (χ0v) is 10.2. The Bertz CT molecular complexity index is 459. The summed E-state index contributed by atoms with van der Waals surface area (Å²) in [5.41, 5.74) is 0. The molecule has 0 spiro atoms. The second-order valence-corrected chi connectivity index (χ2v) is 6.55. The molecule has 0 amide bonds. The average Bonchev–Trinajstić information content (AvgIpc) is 2.95. The summed E-state index contributed by atoms with van der Waals surface area (Å²) in [6.07, 6.45) is 2.45. The van der Waals surface area contributed by atoms with E-state index >= 15 is 0 Å². The monoisotopic (exact) mass is 246 g/mol. The molecule has 0 aromatic heterocycles. The molecule has 5 atom stereocenters. The smallest absolute Gasteiger partial charge is 0.309 e. The van der Waals surface area contributed by atoms with Crippen LogP contribution in [0.4, 0.5) is 0 Å². The quantitative estimate of drug-likeness (QED) is 0.751. The maximum atomic E-state index is 11.7. The average molecular weight is 246 g/mol. The highest BCUT2D eigenvalue weighted by atomic mass is 32.2. The molecule has 1 aromatic rings. The second-order valence-electron chi connectivity index (χ2n) is 5.30. The van der Waals surface area contributed by atoms with Crippen LogP contribution < -0.4 is 0 Å². The number of carbonyl (C=O) groups excluding carboxylic acids is 1. The largest absolute Gasteiger partial charge is 0.461 e. The van der Waals surface area contributed by atoms with E-state index < -0.39 is 0 Å². The van der Waals surface area contributed by atoms with Crippen LogP contribution in [0.1, 0.15) is 12.8 Å². The van der Waals surface area contributed by atoms with Crippen molar-refractivity contribution in [1.29, 1.82) is 0 Å². The molecule has 0 N–H and O–H groups in total. The molecular formula is C14H14O2S. The van der Waals surface area contributed by atoms with Gasteiger partial charge < -0.3 is 4.74 Å². The number of esters is 1. The number of carbonyl (C=O) groups is 1. The summed E-state index contributed by atoms with van der Waals surface area (Å²) in [7, 11) is 0. The molecule has 5 unspecified atom stereocenters. The summed E-state index contributed by atoms with van der Waals surface area (Å²) in [6.45, 7) is 0. The first kappa shape index (κ1) is 10.0. The highest BCUT2D eigenvalue weighted by Gasteiger charge is 2.61. The lowest BCUT2D eigenvalue weighted by Crippen LogP contribution is -2.29. The number of hydrogen-bond donors (Lipinski definition) is 0. The SMILES string of the molecule is O=C1OC2C3CC(CC13)C2Sc1ccccc1. The van der Waals surface area contributed by atoms with E-state index in [2.05, 4.69) is 24.3 Å². The Morgan fingerprint density at radius 3 is 2.82 bits per heavy atom. The summed E-state index contributed by atoms with van der Waals surface area (Å²) in [5, 5.41) is 0.491. The van der Waals surface area contributed by atoms with Gasteiger partial charge in [-0.3, -0.25) is 4.79 Å². The zero-order chi connectivity index (χ0) is 11.4. The summed E-state index contributed by atoms with van der Waals surface area (Å²) >= 11 is 1.90. The molecule has 2 nitrogen and oxygen atoms in total.